The van der Waals surface area contributed by atoms with E-state index in [9.17, 15) is 4.79 Å². The van der Waals surface area contributed by atoms with Crippen molar-refractivity contribution in [2.75, 3.05) is 26.1 Å². The fourth-order valence-corrected chi connectivity index (χ4v) is 4.51. The summed E-state index contributed by atoms with van der Waals surface area (Å²) >= 11 is 6.17. The summed E-state index contributed by atoms with van der Waals surface area (Å²) in [5.74, 6) is 2.40. The molecule has 11 heteroatoms. The van der Waals surface area contributed by atoms with Crippen molar-refractivity contribution >= 4 is 34.2 Å². The molecule has 5 aromatic rings. The highest BCUT2D eigenvalue weighted by molar-refractivity contribution is 6.30. The minimum Gasteiger partial charge on any atom is -0.493 e. The lowest BCUT2D eigenvalue weighted by Crippen LogP contribution is -2.15. The number of carbonyl (C=O) groups excluding carboxylic acids is 1. The van der Waals surface area contributed by atoms with Gasteiger partial charge in [0, 0.05) is 22.7 Å². The number of pyridine rings is 2. The lowest BCUT2D eigenvalue weighted by Gasteiger charge is -2.12. The summed E-state index contributed by atoms with van der Waals surface area (Å²) < 4.78 is 24.2. The summed E-state index contributed by atoms with van der Waals surface area (Å²) in [6.07, 6.45) is 5.60. The third kappa shape index (κ3) is 5.87. The summed E-state index contributed by atoms with van der Waals surface area (Å²) in [7, 11) is 3.14. The molecule has 0 aliphatic carbocycles. The van der Waals surface area contributed by atoms with Gasteiger partial charge in [0.15, 0.2) is 22.9 Å². The number of nitrogens with zero attached hydrogens (tertiary/aromatic N) is 4. The maximum Gasteiger partial charge on any atom is 0.281 e. The highest BCUT2D eigenvalue weighted by Gasteiger charge is 2.21. The zero-order valence-corrected chi connectivity index (χ0v) is 23.7. The van der Waals surface area contributed by atoms with Gasteiger partial charge < -0.3 is 24.3 Å². The van der Waals surface area contributed by atoms with Crippen molar-refractivity contribution < 1.29 is 23.7 Å². The van der Waals surface area contributed by atoms with E-state index in [-0.39, 0.29) is 5.69 Å². The number of hydrogen-bond acceptors (Lipinski definition) is 8. The molecule has 3 heterocycles. The van der Waals surface area contributed by atoms with Gasteiger partial charge in [0.2, 0.25) is 0 Å². The predicted molar refractivity (Wildman–Crippen MR) is 156 cm³/mol. The Hall–Kier alpha value is -4.83. The van der Waals surface area contributed by atoms with Gasteiger partial charge in [0.05, 0.1) is 44.4 Å². The van der Waals surface area contributed by atoms with Crippen molar-refractivity contribution in [3.8, 4) is 34.4 Å². The van der Waals surface area contributed by atoms with Gasteiger partial charge in [0.1, 0.15) is 17.3 Å². The van der Waals surface area contributed by atoms with Crippen LogP contribution in [-0.4, -0.2) is 46.5 Å². The number of aryl methyl sites for hydroxylation is 1. The molecule has 41 heavy (non-hydrogen) atoms. The van der Waals surface area contributed by atoms with E-state index in [4.69, 9.17) is 30.5 Å². The fraction of sp³-hybridized carbons (Fsp3) is 0.200. The Bertz CT molecular complexity index is 1700. The first kappa shape index (κ1) is 27.7. The third-order valence-corrected chi connectivity index (χ3v) is 6.51. The Morgan fingerprint density at radius 1 is 0.951 bits per heavy atom. The Labute approximate surface area is 241 Å². The summed E-state index contributed by atoms with van der Waals surface area (Å²) in [4.78, 5) is 22.0. The van der Waals surface area contributed by atoms with Crippen LogP contribution in [0.1, 0.15) is 29.9 Å². The van der Waals surface area contributed by atoms with Crippen LogP contribution in [0.5, 0.6) is 28.7 Å². The van der Waals surface area contributed by atoms with Crippen molar-refractivity contribution in [3.05, 3.63) is 83.4 Å². The molecule has 0 aliphatic heterocycles. The Morgan fingerprint density at radius 2 is 1.76 bits per heavy atom. The van der Waals surface area contributed by atoms with Gasteiger partial charge in [-0.05, 0) is 61.4 Å². The molecular weight excluding hydrogens is 546 g/mol. The van der Waals surface area contributed by atoms with Crippen molar-refractivity contribution in [2.24, 2.45) is 0 Å². The first-order valence-corrected chi connectivity index (χ1v) is 13.3. The summed E-state index contributed by atoms with van der Waals surface area (Å²) in [5.41, 5.74) is 2.63. The predicted octanol–water partition coefficient (Wildman–Crippen LogP) is 6.49. The number of carbonyl (C=O) groups is 1. The number of aromatic nitrogens is 4. The van der Waals surface area contributed by atoms with Crippen LogP contribution in [0.15, 0.2) is 67.1 Å². The average molecular weight is 574 g/mol. The van der Waals surface area contributed by atoms with Gasteiger partial charge in [-0.1, -0.05) is 18.5 Å². The Balaban J connectivity index is 1.36. The van der Waals surface area contributed by atoms with E-state index < -0.39 is 5.91 Å². The smallest absolute Gasteiger partial charge is 0.281 e. The number of methoxy groups -OCH3 is 2. The number of fused-ring (bicyclic) bond motifs is 1. The third-order valence-electron chi connectivity index (χ3n) is 6.28. The molecule has 0 bridgehead atoms. The van der Waals surface area contributed by atoms with Crippen molar-refractivity contribution in [1.82, 2.24) is 19.7 Å². The normalized spacial score (nSPS) is 10.9. The van der Waals surface area contributed by atoms with Crippen LogP contribution in [0, 0.1) is 0 Å². The van der Waals surface area contributed by atoms with Gasteiger partial charge in [-0.25, -0.2) is 9.67 Å². The molecule has 1 N–H and O–H groups in total. The van der Waals surface area contributed by atoms with Crippen LogP contribution in [0.2, 0.25) is 5.02 Å². The molecule has 5 rings (SSSR count). The van der Waals surface area contributed by atoms with Crippen LogP contribution in [0.4, 0.5) is 5.82 Å². The van der Waals surface area contributed by atoms with Crippen LogP contribution in [-0.2, 0) is 6.42 Å². The van der Waals surface area contributed by atoms with Gasteiger partial charge in [-0.3, -0.25) is 9.78 Å². The van der Waals surface area contributed by atoms with Crippen LogP contribution in [0.25, 0.3) is 16.6 Å². The minimum absolute atomic E-state index is 0.138. The lowest BCUT2D eigenvalue weighted by molar-refractivity contribution is 0.101. The molecule has 10 nitrogen and oxygen atoms in total. The zero-order chi connectivity index (χ0) is 28.9. The Kier molecular flexibility index (Phi) is 8.21. The van der Waals surface area contributed by atoms with E-state index in [1.54, 1.807) is 67.7 Å². The second kappa shape index (κ2) is 12.1. The largest absolute Gasteiger partial charge is 0.493 e. The van der Waals surface area contributed by atoms with Gasteiger partial charge in [-0.15, -0.1) is 0 Å². The van der Waals surface area contributed by atoms with E-state index in [1.165, 1.54) is 6.20 Å². The maximum atomic E-state index is 13.2. The molecular formula is C30H28ClN5O5. The van der Waals surface area contributed by atoms with Crippen LogP contribution in [0.3, 0.4) is 0 Å². The monoisotopic (exact) mass is 573 g/mol. The van der Waals surface area contributed by atoms with Crippen molar-refractivity contribution in [1.29, 1.82) is 0 Å². The first-order valence-electron chi connectivity index (χ1n) is 12.9. The number of halogens is 1. The molecule has 0 fully saturated rings. The van der Waals surface area contributed by atoms with Crippen molar-refractivity contribution in [3.63, 3.8) is 0 Å². The molecule has 2 aromatic carbocycles. The van der Waals surface area contributed by atoms with E-state index >= 15 is 0 Å². The van der Waals surface area contributed by atoms with Gasteiger partial charge >= 0.3 is 0 Å². The molecule has 0 aliphatic rings. The number of amides is 1. The van der Waals surface area contributed by atoms with Gasteiger partial charge in [0.25, 0.3) is 5.91 Å². The number of rotatable bonds is 10. The SMILES string of the molecule is CCOc1cn(-c2ccc(Cl)cc2CC)nc1C(=O)Nc1ccc(Oc2ccnc3cc(OC)c(OC)cc23)cn1. The molecule has 0 spiro atoms. The second-order valence-electron chi connectivity index (χ2n) is 8.81. The average Bonchev–Trinajstić information content (AvgIpc) is 3.41. The highest BCUT2D eigenvalue weighted by Crippen LogP contribution is 2.37. The topological polar surface area (TPSA) is 110 Å². The molecule has 0 radical (unpaired) electrons. The van der Waals surface area contributed by atoms with Crippen LogP contribution < -0.4 is 24.3 Å². The zero-order valence-electron chi connectivity index (χ0n) is 23.0. The summed E-state index contributed by atoms with van der Waals surface area (Å²) in [5, 5.41) is 8.69. The molecule has 0 atom stereocenters. The number of anilines is 1. The summed E-state index contributed by atoms with van der Waals surface area (Å²) in [6.45, 7) is 4.25. The molecule has 0 unspecified atom stereocenters. The summed E-state index contributed by atoms with van der Waals surface area (Å²) in [6, 6.07) is 14.2. The molecule has 0 saturated carbocycles. The van der Waals surface area contributed by atoms with Crippen LogP contribution >= 0.6 is 11.6 Å². The number of hydrogen-bond donors (Lipinski definition) is 1. The maximum absolute atomic E-state index is 13.2. The molecule has 210 valence electrons. The second-order valence-corrected chi connectivity index (χ2v) is 9.25. The Morgan fingerprint density at radius 3 is 2.46 bits per heavy atom. The molecule has 1 amide bonds. The fourth-order valence-electron chi connectivity index (χ4n) is 4.31. The molecule has 0 saturated heterocycles. The number of nitrogens with one attached hydrogen (secondary N) is 1. The molecule has 3 aromatic heterocycles. The van der Waals surface area contributed by atoms with E-state index in [1.807, 2.05) is 26.0 Å². The highest BCUT2D eigenvalue weighted by atomic mass is 35.5. The lowest BCUT2D eigenvalue weighted by atomic mass is 10.1. The van der Waals surface area contributed by atoms with Crippen molar-refractivity contribution in [2.45, 2.75) is 20.3 Å². The standard InChI is InChI=1S/C30H28ClN5O5/c1-5-18-13-19(31)7-9-23(18)36-17-27(40-6-2)29(35-36)30(37)34-28-10-8-20(16-33-28)41-24-11-12-32-22-15-26(39-4)25(38-3)14-21(22)24/h7-17H,5-6H2,1-4H3,(H,33,34,37). The van der Waals surface area contributed by atoms with E-state index in [0.717, 1.165) is 23.1 Å². The van der Waals surface area contributed by atoms with Gasteiger partial charge in [-0.2, -0.15) is 5.10 Å². The number of benzene rings is 2. The van der Waals surface area contributed by atoms with E-state index in [0.29, 0.717) is 51.7 Å². The van der Waals surface area contributed by atoms with E-state index in [2.05, 4.69) is 20.4 Å². The minimum atomic E-state index is -0.457. The quantitative estimate of drug-likeness (QED) is 0.202. The first-order chi connectivity index (χ1) is 19.9. The number of ether oxygens (including phenoxy) is 4.